The van der Waals surface area contributed by atoms with Crippen molar-refractivity contribution in [3.8, 4) is 5.69 Å². The second kappa shape index (κ2) is 9.01. The van der Waals surface area contributed by atoms with E-state index in [0.29, 0.717) is 19.0 Å². The summed E-state index contributed by atoms with van der Waals surface area (Å²) < 4.78 is 60.2. The monoisotopic (exact) mass is 509 g/mol. The fraction of sp³-hybridized carbons (Fsp3) is 0.250. The Labute approximate surface area is 202 Å². The molecule has 11 heteroatoms. The van der Waals surface area contributed by atoms with Gasteiger partial charge in [-0.05, 0) is 36.5 Å². The van der Waals surface area contributed by atoms with Gasteiger partial charge in [0.1, 0.15) is 28.7 Å². The van der Waals surface area contributed by atoms with E-state index < -0.39 is 62.5 Å². The number of aromatic nitrogens is 1. The van der Waals surface area contributed by atoms with E-state index in [1.54, 1.807) is 0 Å². The van der Waals surface area contributed by atoms with Crippen LogP contribution in [0.2, 0.25) is 0 Å². The van der Waals surface area contributed by atoms with Gasteiger partial charge >= 0.3 is 5.97 Å². The Kier molecular flexibility index (Phi) is 6.37. The molecule has 5 rings (SSSR count). The summed E-state index contributed by atoms with van der Waals surface area (Å²) in [6, 6.07) is 2.94. The maximum absolute atomic E-state index is 16.0. The molecule has 6 nitrogen and oxygen atoms in total. The number of allylic oxidation sites excluding steroid dienone is 1. The number of benzene rings is 2. The molecule has 0 spiro atoms. The van der Waals surface area contributed by atoms with Crippen LogP contribution >= 0.6 is 12.4 Å². The summed E-state index contributed by atoms with van der Waals surface area (Å²) in [4.78, 5) is 25.9. The standard InChI is InChI=1S/C24H19F4N3O3.ClH/c25-12-4-5-19(16(26)6-12)31-10-15(24(33)34)23(32)13-7-17(27)22(20(28)21(13)31)30-8-11-2-1-3-18(29)14(11)9-30;/h1,3-7,10-11,14,18H,2,8-9,29H2,(H,33,34);1H/t11-,14+,18-;/m1./s1. The highest BCUT2D eigenvalue weighted by atomic mass is 35.5. The van der Waals surface area contributed by atoms with Crippen LogP contribution < -0.4 is 16.1 Å². The molecule has 0 amide bonds. The number of halogens is 5. The summed E-state index contributed by atoms with van der Waals surface area (Å²) in [5.41, 5.74) is 2.90. The molecule has 184 valence electrons. The minimum absolute atomic E-state index is 0. The third kappa shape index (κ3) is 3.96. The number of carboxylic acid groups (broad SMARTS) is 1. The van der Waals surface area contributed by atoms with Crippen molar-refractivity contribution in [1.29, 1.82) is 0 Å². The molecular weight excluding hydrogens is 490 g/mol. The van der Waals surface area contributed by atoms with E-state index in [9.17, 15) is 23.5 Å². The first-order valence-electron chi connectivity index (χ1n) is 10.6. The molecule has 35 heavy (non-hydrogen) atoms. The number of carbonyl (C=O) groups is 1. The first-order valence-corrected chi connectivity index (χ1v) is 10.6. The normalized spacial score (nSPS) is 21.2. The van der Waals surface area contributed by atoms with Gasteiger partial charge < -0.3 is 20.3 Å². The number of pyridine rings is 1. The lowest BCUT2D eigenvalue weighted by atomic mass is 9.83. The van der Waals surface area contributed by atoms with E-state index in [1.165, 1.54) is 4.90 Å². The van der Waals surface area contributed by atoms with Crippen LogP contribution in [0.15, 0.2) is 47.4 Å². The Balaban J connectivity index is 0.00000289. The van der Waals surface area contributed by atoms with Crippen LogP contribution in [0.5, 0.6) is 0 Å². The van der Waals surface area contributed by atoms with Crippen molar-refractivity contribution >= 4 is 35.0 Å². The van der Waals surface area contributed by atoms with E-state index in [4.69, 9.17) is 5.73 Å². The molecule has 2 heterocycles. The molecular formula is C24H20ClF4N3O3. The number of anilines is 1. The number of rotatable bonds is 3. The molecule has 0 radical (unpaired) electrons. The van der Waals surface area contributed by atoms with Crippen molar-refractivity contribution in [3.05, 3.63) is 81.7 Å². The molecule has 3 aromatic rings. The smallest absolute Gasteiger partial charge is 0.341 e. The number of hydrogen-bond acceptors (Lipinski definition) is 4. The fourth-order valence-corrected chi connectivity index (χ4v) is 5.03. The van der Waals surface area contributed by atoms with Gasteiger partial charge in [0, 0.05) is 31.4 Å². The Morgan fingerprint density at radius 1 is 1.09 bits per heavy atom. The molecule has 2 aromatic carbocycles. The molecule has 0 bridgehead atoms. The summed E-state index contributed by atoms with van der Waals surface area (Å²) in [6.07, 6.45) is 5.27. The number of carboxylic acids is 1. The molecule has 1 aliphatic heterocycles. The van der Waals surface area contributed by atoms with Gasteiger partial charge in [-0.3, -0.25) is 4.79 Å². The number of aromatic carboxylic acids is 1. The summed E-state index contributed by atoms with van der Waals surface area (Å²) in [5, 5.41) is 8.87. The van der Waals surface area contributed by atoms with Crippen molar-refractivity contribution < 1.29 is 27.5 Å². The van der Waals surface area contributed by atoms with Crippen LogP contribution in [-0.2, 0) is 0 Å². The Hall–Kier alpha value is -3.37. The number of hydrogen-bond donors (Lipinski definition) is 2. The third-order valence-electron chi connectivity index (χ3n) is 6.66. The van der Waals surface area contributed by atoms with Crippen LogP contribution in [0.3, 0.4) is 0 Å². The second-order valence-electron chi connectivity index (χ2n) is 8.63. The maximum Gasteiger partial charge on any atom is 0.341 e. The van der Waals surface area contributed by atoms with Crippen LogP contribution in [0.1, 0.15) is 16.8 Å². The number of fused-ring (bicyclic) bond motifs is 2. The molecule has 0 unspecified atom stereocenters. The highest BCUT2D eigenvalue weighted by Crippen LogP contribution is 2.39. The van der Waals surface area contributed by atoms with Gasteiger partial charge in [0.05, 0.1) is 16.6 Å². The van der Waals surface area contributed by atoms with Gasteiger partial charge in [-0.15, -0.1) is 12.4 Å². The van der Waals surface area contributed by atoms with Gasteiger partial charge in [-0.2, -0.15) is 0 Å². The van der Waals surface area contributed by atoms with Crippen molar-refractivity contribution in [2.75, 3.05) is 18.0 Å². The van der Waals surface area contributed by atoms with Crippen LogP contribution in [-0.4, -0.2) is 34.8 Å². The molecule has 1 saturated heterocycles. The number of nitrogens with two attached hydrogens (primary N) is 1. The summed E-state index contributed by atoms with van der Waals surface area (Å²) >= 11 is 0. The van der Waals surface area contributed by atoms with E-state index >= 15 is 8.78 Å². The zero-order chi connectivity index (χ0) is 24.3. The predicted molar refractivity (Wildman–Crippen MR) is 125 cm³/mol. The van der Waals surface area contributed by atoms with E-state index in [2.05, 4.69) is 0 Å². The minimum atomic E-state index is -1.65. The molecule has 0 saturated carbocycles. The fourth-order valence-electron chi connectivity index (χ4n) is 5.03. The highest BCUT2D eigenvalue weighted by molar-refractivity contribution is 5.94. The summed E-state index contributed by atoms with van der Waals surface area (Å²) in [6.45, 7) is 0.599. The first-order chi connectivity index (χ1) is 16.2. The van der Waals surface area contributed by atoms with E-state index in [-0.39, 0.29) is 36.8 Å². The van der Waals surface area contributed by atoms with Crippen LogP contribution in [0.4, 0.5) is 23.2 Å². The lowest BCUT2D eigenvalue weighted by Crippen LogP contribution is -2.35. The zero-order valence-corrected chi connectivity index (χ0v) is 18.9. The van der Waals surface area contributed by atoms with Gasteiger partial charge in [-0.1, -0.05) is 12.2 Å². The summed E-state index contributed by atoms with van der Waals surface area (Å²) in [7, 11) is 0. The molecule has 1 aliphatic carbocycles. The van der Waals surface area contributed by atoms with Gasteiger partial charge in [-0.25, -0.2) is 22.4 Å². The largest absolute Gasteiger partial charge is 0.477 e. The van der Waals surface area contributed by atoms with Crippen molar-refractivity contribution in [2.45, 2.75) is 12.5 Å². The quantitative estimate of drug-likeness (QED) is 0.411. The average molecular weight is 510 g/mol. The lowest BCUT2D eigenvalue weighted by Gasteiger charge is -2.25. The highest BCUT2D eigenvalue weighted by Gasteiger charge is 2.39. The molecule has 3 atom stereocenters. The van der Waals surface area contributed by atoms with Gasteiger partial charge in [0.15, 0.2) is 5.82 Å². The molecule has 3 N–H and O–H groups in total. The third-order valence-corrected chi connectivity index (χ3v) is 6.66. The van der Waals surface area contributed by atoms with Crippen molar-refractivity contribution in [1.82, 2.24) is 4.57 Å². The average Bonchev–Trinajstić information content (AvgIpc) is 3.20. The number of nitrogens with zero attached hydrogens (tertiary/aromatic N) is 2. The Bertz CT molecular complexity index is 1440. The maximum atomic E-state index is 16.0. The van der Waals surface area contributed by atoms with E-state index in [1.807, 2.05) is 12.2 Å². The minimum Gasteiger partial charge on any atom is -0.477 e. The topological polar surface area (TPSA) is 88.6 Å². The van der Waals surface area contributed by atoms with Gasteiger partial charge in [0.2, 0.25) is 5.43 Å². The first kappa shape index (κ1) is 24.7. The SMILES string of the molecule is Cl.N[C@@H]1C=CC[C@@H]2CN(c3c(F)cc4c(=O)c(C(=O)O)cn(-c5ccc(F)cc5F)c4c3F)C[C@@H]21. The molecule has 1 fully saturated rings. The van der Waals surface area contributed by atoms with E-state index in [0.717, 1.165) is 29.0 Å². The predicted octanol–water partition coefficient (Wildman–Crippen LogP) is 4.01. The molecule has 2 aliphatic rings. The van der Waals surface area contributed by atoms with Crippen molar-refractivity contribution in [3.63, 3.8) is 0 Å². The zero-order valence-electron chi connectivity index (χ0n) is 18.1. The van der Waals surface area contributed by atoms with Crippen molar-refractivity contribution in [2.24, 2.45) is 17.6 Å². The molecule has 1 aromatic heterocycles. The van der Waals surface area contributed by atoms with Crippen LogP contribution in [0, 0.1) is 35.1 Å². The van der Waals surface area contributed by atoms with Crippen LogP contribution in [0.25, 0.3) is 16.6 Å². The Morgan fingerprint density at radius 2 is 1.83 bits per heavy atom. The summed E-state index contributed by atoms with van der Waals surface area (Å²) in [5.74, 6) is -5.80. The van der Waals surface area contributed by atoms with Gasteiger partial charge in [0.25, 0.3) is 0 Å². The second-order valence-corrected chi connectivity index (χ2v) is 8.63. The Morgan fingerprint density at radius 3 is 2.49 bits per heavy atom. The lowest BCUT2D eigenvalue weighted by molar-refractivity contribution is 0.0695.